The van der Waals surface area contributed by atoms with E-state index in [4.69, 9.17) is 0 Å². The molecule has 5 heteroatoms. The number of pyridine rings is 1. The molecule has 2 rings (SSSR count). The SMILES string of the molecule is Cc1cc(C)nc(NC(=O)c2cnc(C)[nH]2)c1. The number of H-pyrrole nitrogens is 1. The summed E-state index contributed by atoms with van der Waals surface area (Å²) < 4.78 is 0. The zero-order chi connectivity index (χ0) is 12.4. The van der Waals surface area contributed by atoms with Crippen LogP contribution >= 0.6 is 0 Å². The van der Waals surface area contributed by atoms with Crippen molar-refractivity contribution in [1.82, 2.24) is 15.0 Å². The third-order valence-electron chi connectivity index (χ3n) is 2.29. The van der Waals surface area contributed by atoms with Gasteiger partial charge in [0.05, 0.1) is 6.20 Å². The summed E-state index contributed by atoms with van der Waals surface area (Å²) >= 11 is 0. The van der Waals surface area contributed by atoms with Gasteiger partial charge in [0, 0.05) is 5.69 Å². The highest BCUT2D eigenvalue weighted by atomic mass is 16.1. The Morgan fingerprint density at radius 1 is 1.29 bits per heavy atom. The van der Waals surface area contributed by atoms with Gasteiger partial charge in [-0.05, 0) is 38.5 Å². The van der Waals surface area contributed by atoms with E-state index in [0.29, 0.717) is 17.3 Å². The van der Waals surface area contributed by atoms with Gasteiger partial charge < -0.3 is 10.3 Å². The number of imidazole rings is 1. The van der Waals surface area contributed by atoms with E-state index in [1.807, 2.05) is 26.0 Å². The molecule has 0 unspecified atom stereocenters. The number of aromatic nitrogens is 3. The zero-order valence-corrected chi connectivity index (χ0v) is 10.0. The molecule has 2 aromatic rings. The molecular formula is C12H14N4O. The van der Waals surface area contributed by atoms with E-state index in [9.17, 15) is 4.79 Å². The molecule has 0 atom stereocenters. The van der Waals surface area contributed by atoms with E-state index in [2.05, 4.69) is 20.3 Å². The quantitative estimate of drug-likeness (QED) is 0.828. The standard InChI is InChI=1S/C12H14N4O/c1-7-4-8(2)14-11(5-7)16-12(17)10-6-13-9(3)15-10/h4-6H,1-3H3,(H,13,15)(H,14,16,17). The van der Waals surface area contributed by atoms with Crippen molar-refractivity contribution in [2.45, 2.75) is 20.8 Å². The monoisotopic (exact) mass is 230 g/mol. The van der Waals surface area contributed by atoms with Crippen molar-refractivity contribution in [2.24, 2.45) is 0 Å². The molecule has 0 aliphatic heterocycles. The van der Waals surface area contributed by atoms with Crippen molar-refractivity contribution in [3.05, 3.63) is 41.1 Å². The lowest BCUT2D eigenvalue weighted by Gasteiger charge is -2.05. The second-order valence-electron chi connectivity index (χ2n) is 4.01. The minimum Gasteiger partial charge on any atom is -0.338 e. The lowest BCUT2D eigenvalue weighted by atomic mass is 10.2. The van der Waals surface area contributed by atoms with Crippen molar-refractivity contribution >= 4 is 11.7 Å². The number of carbonyl (C=O) groups is 1. The molecule has 0 spiro atoms. The Balaban J connectivity index is 2.18. The summed E-state index contributed by atoms with van der Waals surface area (Å²) in [5.74, 6) is 1.03. The van der Waals surface area contributed by atoms with Crippen LogP contribution in [0.2, 0.25) is 0 Å². The Morgan fingerprint density at radius 3 is 2.65 bits per heavy atom. The van der Waals surface area contributed by atoms with Crippen LogP contribution in [-0.4, -0.2) is 20.9 Å². The second-order valence-corrected chi connectivity index (χ2v) is 4.01. The van der Waals surface area contributed by atoms with Gasteiger partial charge in [-0.25, -0.2) is 9.97 Å². The molecule has 2 aromatic heterocycles. The fraction of sp³-hybridized carbons (Fsp3) is 0.250. The Kier molecular flexibility index (Phi) is 2.91. The Hall–Kier alpha value is -2.17. The van der Waals surface area contributed by atoms with E-state index in [1.165, 1.54) is 6.20 Å². The fourth-order valence-corrected chi connectivity index (χ4v) is 1.63. The van der Waals surface area contributed by atoms with Gasteiger partial charge in [-0.3, -0.25) is 4.79 Å². The highest BCUT2D eigenvalue weighted by molar-refractivity contribution is 6.02. The number of carbonyl (C=O) groups excluding carboxylic acids is 1. The van der Waals surface area contributed by atoms with Gasteiger partial charge in [-0.2, -0.15) is 0 Å². The van der Waals surface area contributed by atoms with Crippen LogP contribution in [0.5, 0.6) is 0 Å². The minimum absolute atomic E-state index is 0.233. The highest BCUT2D eigenvalue weighted by Crippen LogP contribution is 2.10. The van der Waals surface area contributed by atoms with Gasteiger partial charge in [-0.1, -0.05) is 0 Å². The number of aromatic amines is 1. The predicted octanol–water partition coefficient (Wildman–Crippen LogP) is 1.98. The van der Waals surface area contributed by atoms with Crippen LogP contribution in [0.3, 0.4) is 0 Å². The number of nitrogens with zero attached hydrogens (tertiary/aromatic N) is 2. The second kappa shape index (κ2) is 4.37. The summed E-state index contributed by atoms with van der Waals surface area (Å²) in [4.78, 5) is 22.9. The number of anilines is 1. The Bertz CT molecular complexity index is 539. The van der Waals surface area contributed by atoms with Crippen molar-refractivity contribution < 1.29 is 4.79 Å². The molecule has 0 bridgehead atoms. The van der Waals surface area contributed by atoms with Crippen LogP contribution in [0.1, 0.15) is 27.6 Å². The van der Waals surface area contributed by atoms with Crippen molar-refractivity contribution in [1.29, 1.82) is 0 Å². The summed E-state index contributed by atoms with van der Waals surface area (Å²) in [5.41, 5.74) is 2.37. The fourth-order valence-electron chi connectivity index (χ4n) is 1.63. The van der Waals surface area contributed by atoms with Gasteiger partial charge in [-0.15, -0.1) is 0 Å². The van der Waals surface area contributed by atoms with E-state index < -0.39 is 0 Å². The first-order valence-corrected chi connectivity index (χ1v) is 5.33. The third-order valence-corrected chi connectivity index (χ3v) is 2.29. The lowest BCUT2D eigenvalue weighted by Crippen LogP contribution is -2.13. The number of amides is 1. The molecule has 17 heavy (non-hydrogen) atoms. The van der Waals surface area contributed by atoms with Crippen LogP contribution in [0.4, 0.5) is 5.82 Å². The number of nitrogens with one attached hydrogen (secondary N) is 2. The van der Waals surface area contributed by atoms with E-state index in [-0.39, 0.29) is 5.91 Å². The molecule has 0 aromatic carbocycles. The van der Waals surface area contributed by atoms with Crippen LogP contribution in [0.15, 0.2) is 18.3 Å². The molecule has 0 saturated carbocycles. The molecule has 0 saturated heterocycles. The summed E-state index contributed by atoms with van der Waals surface area (Å²) in [6, 6.07) is 3.78. The first kappa shape index (κ1) is 11.3. The summed E-state index contributed by atoms with van der Waals surface area (Å²) in [7, 11) is 0. The number of hydrogen-bond donors (Lipinski definition) is 2. The van der Waals surface area contributed by atoms with Crippen molar-refractivity contribution in [3.63, 3.8) is 0 Å². The van der Waals surface area contributed by atoms with Crippen LogP contribution in [-0.2, 0) is 0 Å². The number of aryl methyl sites for hydroxylation is 3. The molecular weight excluding hydrogens is 216 g/mol. The summed E-state index contributed by atoms with van der Waals surface area (Å²) in [6.07, 6.45) is 1.51. The number of hydrogen-bond acceptors (Lipinski definition) is 3. The Labute approximate surface area is 99.3 Å². The minimum atomic E-state index is -0.233. The third kappa shape index (κ3) is 2.69. The smallest absolute Gasteiger partial charge is 0.274 e. The first-order chi connectivity index (χ1) is 8.04. The Morgan fingerprint density at radius 2 is 2.06 bits per heavy atom. The molecule has 0 aliphatic carbocycles. The summed E-state index contributed by atoms with van der Waals surface area (Å²) in [5, 5.41) is 2.73. The van der Waals surface area contributed by atoms with Crippen LogP contribution in [0.25, 0.3) is 0 Å². The topological polar surface area (TPSA) is 70.7 Å². The molecule has 0 aliphatic rings. The molecule has 0 fully saturated rings. The van der Waals surface area contributed by atoms with E-state index in [1.54, 1.807) is 6.92 Å². The molecule has 5 nitrogen and oxygen atoms in total. The maximum absolute atomic E-state index is 11.8. The van der Waals surface area contributed by atoms with Crippen LogP contribution < -0.4 is 5.32 Å². The largest absolute Gasteiger partial charge is 0.338 e. The average Bonchev–Trinajstić information content (AvgIpc) is 2.63. The van der Waals surface area contributed by atoms with E-state index in [0.717, 1.165) is 11.3 Å². The van der Waals surface area contributed by atoms with E-state index >= 15 is 0 Å². The highest BCUT2D eigenvalue weighted by Gasteiger charge is 2.09. The molecule has 88 valence electrons. The summed E-state index contributed by atoms with van der Waals surface area (Å²) in [6.45, 7) is 5.65. The average molecular weight is 230 g/mol. The van der Waals surface area contributed by atoms with Gasteiger partial charge >= 0.3 is 0 Å². The number of rotatable bonds is 2. The van der Waals surface area contributed by atoms with Gasteiger partial charge in [0.25, 0.3) is 5.91 Å². The van der Waals surface area contributed by atoms with Crippen molar-refractivity contribution in [3.8, 4) is 0 Å². The molecule has 0 radical (unpaired) electrons. The predicted molar refractivity (Wildman–Crippen MR) is 65.0 cm³/mol. The first-order valence-electron chi connectivity index (χ1n) is 5.33. The lowest BCUT2D eigenvalue weighted by molar-refractivity contribution is 0.102. The molecule has 2 N–H and O–H groups in total. The van der Waals surface area contributed by atoms with Gasteiger partial charge in [0.1, 0.15) is 17.3 Å². The van der Waals surface area contributed by atoms with Crippen LogP contribution in [0, 0.1) is 20.8 Å². The molecule has 1 amide bonds. The normalized spacial score (nSPS) is 10.3. The van der Waals surface area contributed by atoms with Crippen molar-refractivity contribution in [2.75, 3.05) is 5.32 Å². The van der Waals surface area contributed by atoms with Gasteiger partial charge in [0.15, 0.2) is 0 Å². The molecule has 2 heterocycles. The maximum atomic E-state index is 11.8. The maximum Gasteiger partial charge on any atom is 0.274 e. The van der Waals surface area contributed by atoms with Gasteiger partial charge in [0.2, 0.25) is 0 Å². The zero-order valence-electron chi connectivity index (χ0n) is 10.0.